The van der Waals surface area contributed by atoms with E-state index in [9.17, 15) is 13.2 Å². The molecule has 0 fully saturated rings. The van der Waals surface area contributed by atoms with Crippen LogP contribution in [0.15, 0.2) is 29.2 Å². The first-order chi connectivity index (χ1) is 7.60. The molecule has 0 aromatic heterocycles. The third-order valence-corrected chi connectivity index (χ3v) is 4.21. The second-order valence-electron chi connectivity index (χ2n) is 3.71. The summed E-state index contributed by atoms with van der Waals surface area (Å²) in [7, 11) is -3.17. The van der Waals surface area contributed by atoms with Crippen molar-refractivity contribution in [1.29, 1.82) is 0 Å². The highest BCUT2D eigenvalue weighted by Crippen LogP contribution is 2.13. The van der Waals surface area contributed by atoms with Gasteiger partial charge in [0.2, 0.25) is 0 Å². The molecule has 1 aromatic rings. The predicted octanol–water partition coefficient (Wildman–Crippen LogP) is 2.46. The van der Waals surface area contributed by atoms with E-state index >= 15 is 0 Å². The molecule has 0 aliphatic rings. The van der Waals surface area contributed by atoms with Gasteiger partial charge in [0.05, 0.1) is 10.6 Å². The second kappa shape index (κ2) is 5.80. The van der Waals surface area contributed by atoms with Gasteiger partial charge in [-0.15, -0.1) is 0 Å². The number of unbranched alkanes of at least 4 members (excludes halogenated alkanes) is 2. The number of aldehydes is 1. The standard InChI is InChI=1S/C12H16O3S/c1-2-3-4-9-16(14,15)12-7-5-11(10-13)6-8-12/h5-8,10H,2-4,9H2,1H3. The highest BCUT2D eigenvalue weighted by atomic mass is 32.2. The maximum atomic E-state index is 11.8. The van der Waals surface area contributed by atoms with Gasteiger partial charge < -0.3 is 0 Å². The molecule has 0 saturated heterocycles. The minimum absolute atomic E-state index is 0.182. The Kier molecular flexibility index (Phi) is 4.68. The van der Waals surface area contributed by atoms with Crippen LogP contribution >= 0.6 is 0 Å². The number of sulfone groups is 1. The number of carbonyl (C=O) groups excluding carboxylic acids is 1. The van der Waals surface area contributed by atoms with Gasteiger partial charge in [-0.3, -0.25) is 4.79 Å². The van der Waals surface area contributed by atoms with Crippen LogP contribution in [0.1, 0.15) is 36.5 Å². The smallest absolute Gasteiger partial charge is 0.178 e. The molecule has 0 radical (unpaired) electrons. The van der Waals surface area contributed by atoms with Crippen molar-refractivity contribution in [2.24, 2.45) is 0 Å². The zero-order valence-electron chi connectivity index (χ0n) is 9.35. The topological polar surface area (TPSA) is 51.2 Å². The Balaban J connectivity index is 2.77. The molecule has 0 aliphatic heterocycles. The Bertz CT molecular complexity index is 432. The first-order valence-corrected chi connectivity index (χ1v) is 7.03. The number of carbonyl (C=O) groups is 1. The van der Waals surface area contributed by atoms with Crippen LogP contribution in [0, 0.1) is 0 Å². The number of hydrogen-bond donors (Lipinski definition) is 0. The first-order valence-electron chi connectivity index (χ1n) is 5.38. The van der Waals surface area contributed by atoms with E-state index in [1.54, 1.807) is 0 Å². The Labute approximate surface area is 96.4 Å². The molecule has 0 unspecified atom stereocenters. The van der Waals surface area contributed by atoms with Crippen LogP contribution in [0.4, 0.5) is 0 Å². The molecule has 0 N–H and O–H groups in total. The molecular formula is C12H16O3S. The molecule has 1 aromatic carbocycles. The highest BCUT2D eigenvalue weighted by Gasteiger charge is 2.13. The maximum absolute atomic E-state index is 11.8. The van der Waals surface area contributed by atoms with E-state index in [1.807, 2.05) is 6.92 Å². The summed E-state index contributed by atoms with van der Waals surface area (Å²) < 4.78 is 23.6. The maximum Gasteiger partial charge on any atom is 0.178 e. The molecule has 88 valence electrons. The van der Waals surface area contributed by atoms with Crippen molar-refractivity contribution in [3.05, 3.63) is 29.8 Å². The van der Waals surface area contributed by atoms with Gasteiger partial charge in [0.25, 0.3) is 0 Å². The average molecular weight is 240 g/mol. The van der Waals surface area contributed by atoms with Gasteiger partial charge in [0.15, 0.2) is 9.84 Å². The fourth-order valence-electron chi connectivity index (χ4n) is 1.41. The van der Waals surface area contributed by atoms with Crippen molar-refractivity contribution < 1.29 is 13.2 Å². The minimum atomic E-state index is -3.17. The van der Waals surface area contributed by atoms with E-state index in [-0.39, 0.29) is 5.75 Å². The van der Waals surface area contributed by atoms with Gasteiger partial charge >= 0.3 is 0 Å². The summed E-state index contributed by atoms with van der Waals surface area (Å²) in [5.74, 6) is 0.182. The van der Waals surface area contributed by atoms with Gasteiger partial charge in [-0.2, -0.15) is 0 Å². The summed E-state index contributed by atoms with van der Waals surface area (Å²) in [4.78, 5) is 10.7. The first kappa shape index (κ1) is 12.9. The van der Waals surface area contributed by atoms with Crippen LogP contribution in [-0.4, -0.2) is 20.5 Å². The van der Waals surface area contributed by atoms with Crippen LogP contribution in [0.5, 0.6) is 0 Å². The summed E-state index contributed by atoms with van der Waals surface area (Å²) in [5.41, 5.74) is 0.493. The fraction of sp³-hybridized carbons (Fsp3) is 0.417. The van der Waals surface area contributed by atoms with Crippen LogP contribution in [0.25, 0.3) is 0 Å². The molecule has 0 aliphatic carbocycles. The summed E-state index contributed by atoms with van der Waals surface area (Å²) >= 11 is 0. The molecule has 0 atom stereocenters. The van der Waals surface area contributed by atoms with Crippen LogP contribution < -0.4 is 0 Å². The Morgan fingerprint density at radius 1 is 1.12 bits per heavy atom. The van der Waals surface area contributed by atoms with Crippen LogP contribution in [-0.2, 0) is 9.84 Å². The van der Waals surface area contributed by atoms with E-state index in [4.69, 9.17) is 0 Å². The molecule has 0 heterocycles. The molecule has 16 heavy (non-hydrogen) atoms. The highest BCUT2D eigenvalue weighted by molar-refractivity contribution is 7.91. The third-order valence-electron chi connectivity index (χ3n) is 2.39. The quantitative estimate of drug-likeness (QED) is 0.567. The molecule has 0 saturated carbocycles. The zero-order valence-corrected chi connectivity index (χ0v) is 10.2. The molecule has 0 amide bonds. The minimum Gasteiger partial charge on any atom is -0.298 e. The van der Waals surface area contributed by atoms with Crippen molar-refractivity contribution in [3.63, 3.8) is 0 Å². The summed E-state index contributed by atoms with van der Waals surface area (Å²) in [6.45, 7) is 2.03. The van der Waals surface area contributed by atoms with E-state index in [0.717, 1.165) is 12.8 Å². The molecular weight excluding hydrogens is 224 g/mol. The number of benzene rings is 1. The van der Waals surface area contributed by atoms with Gasteiger partial charge in [0.1, 0.15) is 6.29 Å². The lowest BCUT2D eigenvalue weighted by atomic mass is 10.2. The third kappa shape index (κ3) is 3.45. The van der Waals surface area contributed by atoms with E-state index in [1.165, 1.54) is 24.3 Å². The monoisotopic (exact) mass is 240 g/mol. The Morgan fingerprint density at radius 3 is 2.25 bits per heavy atom. The van der Waals surface area contributed by atoms with E-state index in [0.29, 0.717) is 23.2 Å². The number of rotatable bonds is 6. The lowest BCUT2D eigenvalue weighted by Gasteiger charge is -2.03. The second-order valence-corrected chi connectivity index (χ2v) is 5.82. The lowest BCUT2D eigenvalue weighted by Crippen LogP contribution is -2.06. The summed E-state index contributed by atoms with van der Waals surface area (Å²) in [6.07, 6.45) is 3.31. The zero-order chi connectivity index (χ0) is 12.0. The van der Waals surface area contributed by atoms with Gasteiger partial charge in [0, 0.05) is 5.56 Å². The number of hydrogen-bond acceptors (Lipinski definition) is 3. The molecule has 1 rings (SSSR count). The molecule has 0 bridgehead atoms. The van der Waals surface area contributed by atoms with Crippen molar-refractivity contribution in [2.45, 2.75) is 31.1 Å². The predicted molar refractivity (Wildman–Crippen MR) is 63.4 cm³/mol. The SMILES string of the molecule is CCCCCS(=O)(=O)c1ccc(C=O)cc1. The van der Waals surface area contributed by atoms with Gasteiger partial charge in [-0.1, -0.05) is 31.9 Å². The molecule has 3 nitrogen and oxygen atoms in total. The Morgan fingerprint density at radius 2 is 1.75 bits per heavy atom. The summed E-state index contributed by atoms with van der Waals surface area (Å²) in [6, 6.07) is 6.04. The van der Waals surface area contributed by atoms with Gasteiger partial charge in [-0.05, 0) is 18.6 Å². The fourth-order valence-corrected chi connectivity index (χ4v) is 2.78. The normalized spacial score (nSPS) is 11.3. The van der Waals surface area contributed by atoms with Crippen LogP contribution in [0.3, 0.4) is 0 Å². The average Bonchev–Trinajstić information content (AvgIpc) is 2.29. The largest absolute Gasteiger partial charge is 0.298 e. The van der Waals surface area contributed by atoms with Crippen LogP contribution in [0.2, 0.25) is 0 Å². The van der Waals surface area contributed by atoms with Gasteiger partial charge in [-0.25, -0.2) is 8.42 Å². The summed E-state index contributed by atoms with van der Waals surface area (Å²) in [5, 5.41) is 0. The molecule has 0 spiro atoms. The Hall–Kier alpha value is -1.16. The lowest BCUT2D eigenvalue weighted by molar-refractivity contribution is 0.112. The van der Waals surface area contributed by atoms with Crippen molar-refractivity contribution in [3.8, 4) is 0 Å². The van der Waals surface area contributed by atoms with Crippen molar-refractivity contribution >= 4 is 16.1 Å². The van der Waals surface area contributed by atoms with E-state index in [2.05, 4.69) is 0 Å². The molecule has 4 heteroatoms. The van der Waals surface area contributed by atoms with Crippen molar-refractivity contribution in [2.75, 3.05) is 5.75 Å². The van der Waals surface area contributed by atoms with E-state index < -0.39 is 9.84 Å². The van der Waals surface area contributed by atoms with Crippen molar-refractivity contribution in [1.82, 2.24) is 0 Å².